The van der Waals surface area contributed by atoms with Crippen LogP contribution in [0.2, 0.25) is 0 Å². The van der Waals surface area contributed by atoms with Crippen LogP contribution in [0.15, 0.2) is 131 Å². The summed E-state index contributed by atoms with van der Waals surface area (Å²) >= 11 is 0. The zero-order chi connectivity index (χ0) is 55.9. The standard InChI is InChI=1S/C27H26F2N2O5S.C22H24FNO3.C6H4ClFO2S/c1-27(2,3)36-26(32)17-35-25-10-5-18(13-24(25)20-11-19(15-30)12-22(29)14-20)16-31(4)37(33,34)23-8-6-21(28)7-9-23;1-5-6-15-7-8-20(26-14-21(25)27-22(2,3)4)19(11-15)17-9-16(13-24)10-18(23)12-17;7-11(9,10)6-3-1-5(8)2-4-6/h5-14H,16-17H2,1-4H3;7-12H,5-6,14H2,1-4H3;1-4H. The number of nitriles is 2. The number of nitrogens with zero attached hydrogens (tertiary/aromatic N) is 3. The predicted octanol–water partition coefficient (Wildman–Crippen LogP) is 11.8. The molecule has 0 aliphatic rings. The van der Waals surface area contributed by atoms with Gasteiger partial charge in [-0.2, -0.15) is 14.8 Å². The summed E-state index contributed by atoms with van der Waals surface area (Å²) in [6.07, 6.45) is 1.82. The maximum atomic E-state index is 14.2. The minimum absolute atomic E-state index is 0.0700. The molecule has 0 aliphatic heterocycles. The number of benzene rings is 6. The Morgan fingerprint density at radius 1 is 0.573 bits per heavy atom. The zero-order valence-electron chi connectivity index (χ0n) is 42.2. The van der Waals surface area contributed by atoms with Gasteiger partial charge in [0.15, 0.2) is 13.2 Å². The van der Waals surface area contributed by atoms with Gasteiger partial charge >= 0.3 is 11.9 Å². The summed E-state index contributed by atoms with van der Waals surface area (Å²) < 4.78 is 124. The summed E-state index contributed by atoms with van der Waals surface area (Å²) in [7, 11) is -1.30. The van der Waals surface area contributed by atoms with Crippen LogP contribution in [-0.4, -0.2) is 64.5 Å². The fourth-order valence-electron chi connectivity index (χ4n) is 6.76. The molecule has 0 amide bonds. The highest BCUT2D eigenvalue weighted by atomic mass is 35.7. The Morgan fingerprint density at radius 2 is 0.973 bits per heavy atom. The zero-order valence-corrected chi connectivity index (χ0v) is 44.6. The Hall–Kier alpha value is -7.29. The van der Waals surface area contributed by atoms with Gasteiger partial charge in [-0.25, -0.2) is 44.0 Å². The largest absolute Gasteiger partial charge is 0.481 e. The second-order valence-electron chi connectivity index (χ2n) is 18.4. The smallest absolute Gasteiger partial charge is 0.344 e. The van der Waals surface area contributed by atoms with Gasteiger partial charge in [0, 0.05) is 35.4 Å². The van der Waals surface area contributed by atoms with E-state index in [2.05, 4.69) is 6.92 Å². The van der Waals surface area contributed by atoms with Gasteiger partial charge in [0.25, 0.3) is 9.05 Å². The van der Waals surface area contributed by atoms with Gasteiger partial charge in [-0.3, -0.25) is 0 Å². The van der Waals surface area contributed by atoms with Crippen LogP contribution in [0, 0.1) is 45.9 Å². The number of esters is 2. The Labute approximate surface area is 439 Å². The molecule has 0 heterocycles. The van der Waals surface area contributed by atoms with Crippen molar-refractivity contribution in [1.29, 1.82) is 10.5 Å². The number of ether oxygens (including phenoxy) is 4. The topological polar surface area (TPSA) is 190 Å². The van der Waals surface area contributed by atoms with Crippen LogP contribution in [0.1, 0.15) is 77.1 Å². The molecule has 0 spiro atoms. The summed E-state index contributed by atoms with van der Waals surface area (Å²) in [5.74, 6) is -2.62. The highest BCUT2D eigenvalue weighted by molar-refractivity contribution is 8.13. The monoisotopic (exact) mass is 1090 g/mol. The minimum Gasteiger partial charge on any atom is -0.481 e. The third-order valence-electron chi connectivity index (χ3n) is 9.86. The van der Waals surface area contributed by atoms with Crippen molar-refractivity contribution in [1.82, 2.24) is 4.31 Å². The molecule has 0 aliphatic carbocycles. The molecular weight excluding hydrogens is 1040 g/mol. The second-order valence-corrected chi connectivity index (χ2v) is 23.1. The van der Waals surface area contributed by atoms with Gasteiger partial charge in [-0.05, 0) is 179 Å². The minimum atomic E-state index is -3.93. The number of carbonyl (C=O) groups excluding carboxylic acids is 2. The molecule has 6 aromatic rings. The lowest BCUT2D eigenvalue weighted by molar-refractivity contribution is -0.158. The predicted molar refractivity (Wildman–Crippen MR) is 274 cm³/mol. The van der Waals surface area contributed by atoms with E-state index in [0.29, 0.717) is 33.6 Å². The number of halogens is 5. The third kappa shape index (κ3) is 19.5. The fraction of sp³-hybridized carbons (Fsp3) is 0.273. The molecule has 0 saturated carbocycles. The van der Waals surface area contributed by atoms with E-state index in [1.807, 2.05) is 24.3 Å². The lowest BCUT2D eigenvalue weighted by Gasteiger charge is -2.21. The van der Waals surface area contributed by atoms with Gasteiger partial charge in [0.05, 0.1) is 33.1 Å². The van der Waals surface area contributed by atoms with Crippen LogP contribution < -0.4 is 9.47 Å². The molecule has 0 N–H and O–H groups in total. The lowest BCUT2D eigenvalue weighted by atomic mass is 9.98. The maximum absolute atomic E-state index is 14.2. The van der Waals surface area contributed by atoms with Crippen LogP contribution in [0.3, 0.4) is 0 Å². The van der Waals surface area contributed by atoms with Crippen molar-refractivity contribution in [3.05, 3.63) is 167 Å². The fourth-order valence-corrected chi connectivity index (χ4v) is 8.69. The highest BCUT2D eigenvalue weighted by Crippen LogP contribution is 2.35. The first-order chi connectivity index (χ1) is 35.0. The van der Waals surface area contributed by atoms with Crippen molar-refractivity contribution in [3.8, 4) is 45.9 Å². The van der Waals surface area contributed by atoms with Crippen molar-refractivity contribution < 1.29 is 62.9 Å². The first-order valence-corrected chi connectivity index (χ1v) is 26.5. The molecule has 6 aromatic carbocycles. The molecule has 0 bridgehead atoms. The van der Waals surface area contributed by atoms with Crippen molar-refractivity contribution in [2.24, 2.45) is 0 Å². The Balaban J connectivity index is 0.000000278. The molecule has 0 fully saturated rings. The average Bonchev–Trinajstić information content (AvgIpc) is 3.32. The first kappa shape index (κ1) is 60.3. The van der Waals surface area contributed by atoms with E-state index in [0.717, 1.165) is 65.2 Å². The molecule has 75 heavy (non-hydrogen) atoms. The van der Waals surface area contributed by atoms with E-state index in [-0.39, 0.29) is 39.8 Å². The van der Waals surface area contributed by atoms with Crippen LogP contribution in [-0.2, 0) is 51.1 Å². The SMILES string of the molecule is CCCc1ccc(OCC(=O)OC(C)(C)C)c(-c2cc(F)cc(C#N)c2)c1.CN(Cc1ccc(OCC(=O)OC(C)(C)C)c(-c2cc(F)cc(C#N)c2)c1)S(=O)(=O)c1ccc(F)cc1.O=S(=O)(Cl)c1ccc(F)cc1. The van der Waals surface area contributed by atoms with E-state index < -0.39 is 72.1 Å². The van der Waals surface area contributed by atoms with Gasteiger partial charge < -0.3 is 18.9 Å². The van der Waals surface area contributed by atoms with Crippen molar-refractivity contribution >= 4 is 41.7 Å². The Kier molecular flexibility index (Phi) is 21.1. The third-order valence-corrected chi connectivity index (χ3v) is 13.0. The maximum Gasteiger partial charge on any atom is 0.344 e. The summed E-state index contributed by atoms with van der Waals surface area (Å²) in [5, 5.41) is 18.4. The quantitative estimate of drug-likeness (QED) is 0.0538. The van der Waals surface area contributed by atoms with Gasteiger partial charge in [0.2, 0.25) is 10.0 Å². The van der Waals surface area contributed by atoms with Crippen molar-refractivity contribution in [2.75, 3.05) is 20.3 Å². The van der Waals surface area contributed by atoms with E-state index >= 15 is 0 Å². The molecule has 396 valence electrons. The van der Waals surface area contributed by atoms with E-state index in [1.165, 1.54) is 49.5 Å². The molecule has 13 nitrogen and oxygen atoms in total. The summed E-state index contributed by atoms with van der Waals surface area (Å²) in [6, 6.07) is 30.8. The number of rotatable bonds is 15. The van der Waals surface area contributed by atoms with Gasteiger partial charge in [-0.1, -0.05) is 25.5 Å². The number of aryl methyl sites for hydroxylation is 1. The molecule has 20 heteroatoms. The Morgan fingerprint density at radius 3 is 1.36 bits per heavy atom. The molecule has 6 rings (SSSR count). The number of hydrogen-bond donors (Lipinski definition) is 0. The van der Waals surface area contributed by atoms with E-state index in [1.54, 1.807) is 65.8 Å². The van der Waals surface area contributed by atoms with Crippen molar-refractivity contribution in [3.63, 3.8) is 0 Å². The molecule has 0 saturated heterocycles. The normalized spacial score (nSPS) is 11.4. The highest BCUT2D eigenvalue weighted by Gasteiger charge is 2.23. The number of sulfonamides is 1. The van der Waals surface area contributed by atoms with Gasteiger partial charge in [0.1, 0.15) is 46.0 Å². The van der Waals surface area contributed by atoms with Crippen LogP contribution >= 0.6 is 10.7 Å². The number of hydrogen-bond acceptors (Lipinski definition) is 12. The summed E-state index contributed by atoms with van der Waals surface area (Å²) in [5.41, 5.74) is 2.42. The first-order valence-electron chi connectivity index (χ1n) is 22.8. The molecule has 0 radical (unpaired) electrons. The van der Waals surface area contributed by atoms with Crippen LogP contribution in [0.5, 0.6) is 11.5 Å². The van der Waals surface area contributed by atoms with Crippen molar-refractivity contribution in [2.45, 2.75) is 88.8 Å². The van der Waals surface area contributed by atoms with Crippen LogP contribution in [0.25, 0.3) is 22.3 Å². The lowest BCUT2D eigenvalue weighted by Crippen LogP contribution is -2.27. The average molecular weight is 1090 g/mol. The summed E-state index contributed by atoms with van der Waals surface area (Å²) in [4.78, 5) is 24.0. The molecule has 0 atom stereocenters. The van der Waals surface area contributed by atoms with E-state index in [4.69, 9.17) is 34.9 Å². The molecular formula is C55H54ClF4N3O10S2. The molecule has 0 unspecified atom stereocenters. The van der Waals surface area contributed by atoms with Crippen LogP contribution in [0.4, 0.5) is 17.6 Å². The second kappa shape index (κ2) is 26.3. The summed E-state index contributed by atoms with van der Waals surface area (Å²) in [6.45, 7) is 11.8. The number of carbonyl (C=O) groups is 2. The molecule has 0 aromatic heterocycles. The van der Waals surface area contributed by atoms with E-state index in [9.17, 15) is 49.2 Å². The van der Waals surface area contributed by atoms with Gasteiger partial charge in [-0.15, -0.1) is 0 Å². The Bertz CT molecular complexity index is 3300.